The van der Waals surface area contributed by atoms with Crippen LogP contribution in [0.25, 0.3) is 0 Å². The topological polar surface area (TPSA) is 87.1 Å². The molecule has 0 spiro atoms. The van der Waals surface area contributed by atoms with Crippen molar-refractivity contribution in [2.45, 2.75) is 44.2 Å². The van der Waals surface area contributed by atoms with Crippen LogP contribution < -0.4 is 4.74 Å². The molecule has 3 rings (SSSR count). The highest BCUT2D eigenvalue weighted by atomic mass is 35.5. The molecule has 1 heterocycles. The standard InChI is InChI=1S/C24H29NO5.ClH/c1-17(18-7-9-19(10-8-18)24(28)29)15-23(27)22-12-11-20(26)16-25(22)13-14-30-21-5-3-2-4-6-21;/h2-10,17,20,22,26H,11-16H2,1H3,(H,28,29);1H/t17-,20+,22-;/m1./s1. The van der Waals surface area contributed by atoms with Gasteiger partial charge in [0.1, 0.15) is 12.4 Å². The van der Waals surface area contributed by atoms with Gasteiger partial charge in [-0.15, -0.1) is 12.4 Å². The average Bonchev–Trinajstić information content (AvgIpc) is 2.74. The van der Waals surface area contributed by atoms with Crippen molar-refractivity contribution in [2.75, 3.05) is 19.7 Å². The molecule has 168 valence electrons. The summed E-state index contributed by atoms with van der Waals surface area (Å²) in [5.41, 5.74) is 1.19. The molecule has 6 nitrogen and oxygen atoms in total. The number of halogens is 1. The third kappa shape index (κ3) is 7.06. The Morgan fingerprint density at radius 1 is 1.10 bits per heavy atom. The molecule has 0 radical (unpaired) electrons. The number of rotatable bonds is 9. The van der Waals surface area contributed by atoms with Crippen molar-refractivity contribution in [2.24, 2.45) is 0 Å². The lowest BCUT2D eigenvalue weighted by atomic mass is 9.89. The Hall–Kier alpha value is -2.41. The second kappa shape index (κ2) is 11.8. The fourth-order valence-electron chi connectivity index (χ4n) is 3.94. The summed E-state index contributed by atoms with van der Waals surface area (Å²) in [6, 6.07) is 16.0. The summed E-state index contributed by atoms with van der Waals surface area (Å²) in [6.45, 7) is 3.47. The third-order valence-corrected chi connectivity index (χ3v) is 5.66. The predicted molar refractivity (Wildman–Crippen MR) is 121 cm³/mol. The minimum atomic E-state index is -0.959. The fraction of sp³-hybridized carbons (Fsp3) is 0.417. The van der Waals surface area contributed by atoms with Gasteiger partial charge in [0.2, 0.25) is 0 Å². The maximum Gasteiger partial charge on any atom is 0.335 e. The number of carbonyl (C=O) groups is 2. The maximum absolute atomic E-state index is 13.0. The number of para-hydroxylation sites is 1. The Morgan fingerprint density at radius 3 is 2.42 bits per heavy atom. The number of likely N-dealkylation sites (tertiary alicyclic amines) is 1. The first-order chi connectivity index (χ1) is 14.4. The van der Waals surface area contributed by atoms with Crippen LogP contribution in [0.5, 0.6) is 5.75 Å². The number of β-amino-alcohol motifs (C(OH)–C–C–N with tert-alkyl or cyclic N) is 1. The van der Waals surface area contributed by atoms with Crippen LogP contribution in [0.4, 0.5) is 0 Å². The lowest BCUT2D eigenvalue weighted by Gasteiger charge is -2.37. The Labute approximate surface area is 189 Å². The van der Waals surface area contributed by atoms with Gasteiger partial charge in [-0.05, 0) is 48.6 Å². The maximum atomic E-state index is 13.0. The van der Waals surface area contributed by atoms with Gasteiger partial charge < -0.3 is 14.9 Å². The second-order valence-corrected chi connectivity index (χ2v) is 7.90. The van der Waals surface area contributed by atoms with Crippen molar-refractivity contribution < 1.29 is 24.5 Å². The van der Waals surface area contributed by atoms with Gasteiger partial charge in [-0.3, -0.25) is 9.69 Å². The number of carbonyl (C=O) groups excluding carboxylic acids is 1. The van der Waals surface area contributed by atoms with Crippen molar-refractivity contribution in [3.05, 3.63) is 65.7 Å². The lowest BCUT2D eigenvalue weighted by molar-refractivity contribution is -0.127. The largest absolute Gasteiger partial charge is 0.492 e. The minimum Gasteiger partial charge on any atom is -0.492 e. The van der Waals surface area contributed by atoms with Crippen LogP contribution in [0.2, 0.25) is 0 Å². The molecule has 0 aliphatic carbocycles. The zero-order valence-electron chi connectivity index (χ0n) is 17.6. The smallest absolute Gasteiger partial charge is 0.335 e. The third-order valence-electron chi connectivity index (χ3n) is 5.66. The van der Waals surface area contributed by atoms with Gasteiger partial charge in [0.25, 0.3) is 0 Å². The molecule has 2 N–H and O–H groups in total. The van der Waals surface area contributed by atoms with E-state index < -0.39 is 12.1 Å². The SMILES string of the molecule is C[C@H](CC(=O)[C@H]1CC[C@H](O)CN1CCOc1ccccc1)c1ccc(C(=O)O)cc1.Cl. The van der Waals surface area contributed by atoms with E-state index in [2.05, 4.69) is 0 Å². The lowest BCUT2D eigenvalue weighted by Crippen LogP contribution is -2.50. The molecule has 1 aliphatic rings. The normalized spacial score (nSPS) is 19.8. The molecule has 3 atom stereocenters. The van der Waals surface area contributed by atoms with Crippen LogP contribution in [0.1, 0.15) is 48.0 Å². The van der Waals surface area contributed by atoms with Crippen molar-refractivity contribution >= 4 is 24.2 Å². The van der Waals surface area contributed by atoms with Crippen molar-refractivity contribution in [1.29, 1.82) is 0 Å². The highest BCUT2D eigenvalue weighted by Gasteiger charge is 2.32. The molecule has 1 aliphatic heterocycles. The number of carboxylic acid groups (broad SMARTS) is 1. The number of piperidine rings is 1. The summed E-state index contributed by atoms with van der Waals surface area (Å²) in [6.07, 6.45) is 1.21. The summed E-state index contributed by atoms with van der Waals surface area (Å²) in [5, 5.41) is 19.1. The molecule has 0 aromatic heterocycles. The molecule has 1 fully saturated rings. The van der Waals surface area contributed by atoms with Gasteiger partial charge in [-0.25, -0.2) is 4.79 Å². The summed E-state index contributed by atoms with van der Waals surface area (Å²) in [7, 11) is 0. The summed E-state index contributed by atoms with van der Waals surface area (Å²) < 4.78 is 5.77. The molecular formula is C24H30ClNO5. The molecule has 0 bridgehead atoms. The Morgan fingerprint density at radius 2 is 1.77 bits per heavy atom. The van der Waals surface area contributed by atoms with Crippen LogP contribution in [0, 0.1) is 0 Å². The van der Waals surface area contributed by atoms with Gasteiger partial charge in [-0.2, -0.15) is 0 Å². The Bertz CT molecular complexity index is 843. The Kier molecular flexibility index (Phi) is 9.49. The van der Waals surface area contributed by atoms with Crippen molar-refractivity contribution in [3.8, 4) is 5.75 Å². The van der Waals surface area contributed by atoms with E-state index in [1.54, 1.807) is 24.3 Å². The van der Waals surface area contributed by atoms with E-state index in [-0.39, 0.29) is 35.7 Å². The van der Waals surface area contributed by atoms with Crippen LogP contribution in [0.15, 0.2) is 54.6 Å². The van der Waals surface area contributed by atoms with Crippen molar-refractivity contribution in [3.63, 3.8) is 0 Å². The van der Waals surface area contributed by atoms with Gasteiger partial charge in [0, 0.05) is 19.5 Å². The number of hydrogen-bond donors (Lipinski definition) is 2. The minimum absolute atomic E-state index is 0. The number of carboxylic acids is 1. The number of benzene rings is 2. The number of ketones is 1. The van der Waals surface area contributed by atoms with Gasteiger partial charge in [0.15, 0.2) is 5.78 Å². The second-order valence-electron chi connectivity index (χ2n) is 7.90. The number of nitrogens with zero attached hydrogens (tertiary/aromatic N) is 1. The number of hydrogen-bond acceptors (Lipinski definition) is 5. The van der Waals surface area contributed by atoms with Gasteiger partial charge in [0.05, 0.1) is 17.7 Å². The van der Waals surface area contributed by atoms with Crippen molar-refractivity contribution in [1.82, 2.24) is 4.90 Å². The number of Topliss-reactive ketones (excluding diaryl/α,β-unsaturated/α-hetero) is 1. The van der Waals surface area contributed by atoms with E-state index in [4.69, 9.17) is 9.84 Å². The Balaban J connectivity index is 0.00000341. The van der Waals surface area contributed by atoms with Crippen LogP contribution in [-0.4, -0.2) is 58.7 Å². The number of aliphatic hydroxyl groups excluding tert-OH is 1. The number of ether oxygens (including phenoxy) is 1. The predicted octanol–water partition coefficient (Wildman–Crippen LogP) is 3.77. The van der Waals surface area contributed by atoms with Crippen LogP contribution >= 0.6 is 12.4 Å². The molecular weight excluding hydrogens is 418 g/mol. The molecule has 0 unspecified atom stereocenters. The van der Waals surface area contributed by atoms with E-state index in [9.17, 15) is 14.7 Å². The highest BCUT2D eigenvalue weighted by Crippen LogP contribution is 2.25. The summed E-state index contributed by atoms with van der Waals surface area (Å²) >= 11 is 0. The first kappa shape index (κ1) is 24.9. The summed E-state index contributed by atoms with van der Waals surface area (Å²) in [5.74, 6) is -0.0261. The van der Waals surface area contributed by atoms with E-state index in [1.165, 1.54) is 0 Å². The van der Waals surface area contributed by atoms with Gasteiger partial charge in [-0.1, -0.05) is 37.3 Å². The summed E-state index contributed by atoms with van der Waals surface area (Å²) in [4.78, 5) is 26.1. The molecule has 0 saturated carbocycles. The van der Waals surface area contributed by atoms with Crippen LogP contribution in [0.3, 0.4) is 0 Å². The van der Waals surface area contributed by atoms with E-state index in [0.29, 0.717) is 39.0 Å². The zero-order chi connectivity index (χ0) is 21.5. The first-order valence-corrected chi connectivity index (χ1v) is 10.4. The van der Waals surface area contributed by atoms with E-state index in [1.807, 2.05) is 42.2 Å². The fourth-order valence-corrected chi connectivity index (χ4v) is 3.94. The molecule has 2 aromatic carbocycles. The average molecular weight is 448 g/mol. The number of aliphatic hydroxyl groups is 1. The molecule has 7 heteroatoms. The zero-order valence-corrected chi connectivity index (χ0v) is 18.5. The van der Waals surface area contributed by atoms with E-state index in [0.717, 1.165) is 11.3 Å². The van der Waals surface area contributed by atoms with E-state index >= 15 is 0 Å². The first-order valence-electron chi connectivity index (χ1n) is 10.4. The molecule has 0 amide bonds. The quantitative estimate of drug-likeness (QED) is 0.608. The molecule has 1 saturated heterocycles. The monoisotopic (exact) mass is 447 g/mol. The van der Waals surface area contributed by atoms with Gasteiger partial charge >= 0.3 is 5.97 Å². The highest BCUT2D eigenvalue weighted by molar-refractivity contribution is 5.87. The molecule has 2 aromatic rings. The number of aromatic carboxylic acids is 1. The van der Waals surface area contributed by atoms with Crippen LogP contribution in [-0.2, 0) is 4.79 Å². The molecule has 31 heavy (non-hydrogen) atoms.